The van der Waals surface area contributed by atoms with Crippen LogP contribution in [0.15, 0.2) is 6.33 Å². The van der Waals surface area contributed by atoms with Gasteiger partial charge in [-0.1, -0.05) is 13.8 Å². The average Bonchev–Trinajstić information content (AvgIpc) is 2.52. The van der Waals surface area contributed by atoms with E-state index in [-0.39, 0.29) is 12.0 Å². The summed E-state index contributed by atoms with van der Waals surface area (Å²) in [6.07, 6.45) is 1.52. The first-order chi connectivity index (χ1) is 5.61. The number of hydrogen-bond acceptors (Lipinski definition) is 3. The van der Waals surface area contributed by atoms with Gasteiger partial charge in [0, 0.05) is 12.0 Å². The van der Waals surface area contributed by atoms with Crippen LogP contribution in [0.1, 0.15) is 26.6 Å². The maximum absolute atomic E-state index is 9.10. The molecule has 1 rings (SSSR count). The number of aryl methyl sites for hydroxylation is 1. The Morgan fingerprint density at radius 3 is 2.75 bits per heavy atom. The van der Waals surface area contributed by atoms with E-state index in [1.54, 1.807) is 4.68 Å². The Balaban J connectivity index is 3.00. The van der Waals surface area contributed by atoms with Gasteiger partial charge >= 0.3 is 0 Å². The van der Waals surface area contributed by atoms with Crippen LogP contribution >= 0.6 is 0 Å². The van der Waals surface area contributed by atoms with E-state index in [1.807, 2.05) is 20.8 Å². The lowest BCUT2D eigenvalue weighted by molar-refractivity contribution is 0.207. The van der Waals surface area contributed by atoms with E-state index in [9.17, 15) is 0 Å². The second kappa shape index (κ2) is 3.23. The molecule has 0 radical (unpaired) electrons. The molecule has 0 fully saturated rings. The lowest BCUT2D eigenvalue weighted by atomic mass is 9.94. The fourth-order valence-electron chi connectivity index (χ4n) is 1.09. The lowest BCUT2D eigenvalue weighted by Gasteiger charge is -2.20. The summed E-state index contributed by atoms with van der Waals surface area (Å²) >= 11 is 0. The zero-order chi connectivity index (χ0) is 9.19. The summed E-state index contributed by atoms with van der Waals surface area (Å²) in [7, 11) is 0. The van der Waals surface area contributed by atoms with Gasteiger partial charge in [0.15, 0.2) is 0 Å². The van der Waals surface area contributed by atoms with Gasteiger partial charge in [0.25, 0.3) is 0 Å². The first-order valence-electron chi connectivity index (χ1n) is 4.11. The van der Waals surface area contributed by atoms with Gasteiger partial charge in [0.1, 0.15) is 12.2 Å². The summed E-state index contributed by atoms with van der Waals surface area (Å²) < 4.78 is 1.80. The van der Waals surface area contributed by atoms with Crippen LogP contribution in [0.5, 0.6) is 0 Å². The maximum atomic E-state index is 9.10. The van der Waals surface area contributed by atoms with Crippen molar-refractivity contribution in [3.63, 3.8) is 0 Å². The van der Waals surface area contributed by atoms with Crippen LogP contribution in [-0.4, -0.2) is 26.5 Å². The molecule has 1 N–H and O–H groups in total. The highest BCUT2D eigenvalue weighted by Crippen LogP contribution is 2.19. The van der Waals surface area contributed by atoms with E-state index >= 15 is 0 Å². The second-order valence-corrected chi connectivity index (χ2v) is 3.44. The smallest absolute Gasteiger partial charge is 0.138 e. The minimum atomic E-state index is -0.299. The topological polar surface area (TPSA) is 50.9 Å². The Labute approximate surface area is 72.2 Å². The van der Waals surface area contributed by atoms with Gasteiger partial charge in [0.05, 0.1) is 6.61 Å². The molecular weight excluding hydrogens is 154 g/mol. The molecule has 1 aromatic rings. The van der Waals surface area contributed by atoms with Gasteiger partial charge in [-0.25, -0.2) is 9.67 Å². The Kier molecular flexibility index (Phi) is 2.47. The highest BCUT2D eigenvalue weighted by atomic mass is 16.3. The molecule has 0 aliphatic rings. The van der Waals surface area contributed by atoms with Gasteiger partial charge in [-0.3, -0.25) is 0 Å². The number of aliphatic hydroxyl groups is 1. The number of rotatable bonds is 3. The first-order valence-corrected chi connectivity index (χ1v) is 4.11. The SMILES string of the molecule is CCn1ncnc1C(C)(C)CO. The Morgan fingerprint density at radius 2 is 2.25 bits per heavy atom. The van der Waals surface area contributed by atoms with Crippen LogP contribution in [0.2, 0.25) is 0 Å². The molecule has 0 aliphatic carbocycles. The predicted octanol–water partition coefficient (Wildman–Crippen LogP) is 0.568. The molecule has 4 heteroatoms. The highest BCUT2D eigenvalue weighted by molar-refractivity contribution is 5.02. The third-order valence-corrected chi connectivity index (χ3v) is 1.92. The minimum absolute atomic E-state index is 0.0890. The number of hydrogen-bond donors (Lipinski definition) is 1. The predicted molar refractivity (Wildman–Crippen MR) is 45.8 cm³/mol. The fourth-order valence-corrected chi connectivity index (χ4v) is 1.09. The van der Waals surface area contributed by atoms with Crippen molar-refractivity contribution in [1.29, 1.82) is 0 Å². The summed E-state index contributed by atoms with van der Waals surface area (Å²) in [5, 5.41) is 13.1. The minimum Gasteiger partial charge on any atom is -0.395 e. The first kappa shape index (κ1) is 9.19. The number of aromatic nitrogens is 3. The largest absolute Gasteiger partial charge is 0.395 e. The van der Waals surface area contributed by atoms with Crippen molar-refractivity contribution in [2.45, 2.75) is 32.7 Å². The van der Waals surface area contributed by atoms with Crippen molar-refractivity contribution >= 4 is 0 Å². The highest BCUT2D eigenvalue weighted by Gasteiger charge is 2.24. The summed E-state index contributed by atoms with van der Waals surface area (Å²) in [6, 6.07) is 0. The van der Waals surface area contributed by atoms with E-state index in [0.717, 1.165) is 12.4 Å². The quantitative estimate of drug-likeness (QED) is 0.719. The zero-order valence-corrected chi connectivity index (χ0v) is 7.78. The van der Waals surface area contributed by atoms with Crippen LogP contribution < -0.4 is 0 Å². The summed E-state index contributed by atoms with van der Waals surface area (Å²) in [4.78, 5) is 4.12. The third-order valence-electron chi connectivity index (χ3n) is 1.92. The van der Waals surface area contributed by atoms with Crippen molar-refractivity contribution in [3.05, 3.63) is 12.2 Å². The molecule has 0 amide bonds. The normalized spacial score (nSPS) is 12.0. The van der Waals surface area contributed by atoms with E-state index in [4.69, 9.17) is 5.11 Å². The zero-order valence-electron chi connectivity index (χ0n) is 7.78. The van der Waals surface area contributed by atoms with Crippen molar-refractivity contribution in [3.8, 4) is 0 Å². The molecule has 1 heterocycles. The molecule has 1 aromatic heterocycles. The van der Waals surface area contributed by atoms with Gasteiger partial charge < -0.3 is 5.11 Å². The Morgan fingerprint density at radius 1 is 1.58 bits per heavy atom. The fraction of sp³-hybridized carbons (Fsp3) is 0.750. The molecule has 0 saturated heterocycles. The molecule has 4 nitrogen and oxygen atoms in total. The average molecular weight is 169 g/mol. The van der Waals surface area contributed by atoms with E-state index in [0.29, 0.717) is 0 Å². The summed E-state index contributed by atoms with van der Waals surface area (Å²) in [5.74, 6) is 0.840. The van der Waals surface area contributed by atoms with Crippen LogP contribution in [-0.2, 0) is 12.0 Å². The lowest BCUT2D eigenvalue weighted by Crippen LogP contribution is -2.27. The molecule has 68 valence electrons. The third kappa shape index (κ3) is 1.48. The molecule has 0 saturated carbocycles. The van der Waals surface area contributed by atoms with Gasteiger partial charge in [0.2, 0.25) is 0 Å². The van der Waals surface area contributed by atoms with Crippen LogP contribution in [0.25, 0.3) is 0 Å². The Bertz CT molecular complexity index is 255. The second-order valence-electron chi connectivity index (χ2n) is 3.44. The van der Waals surface area contributed by atoms with Crippen molar-refractivity contribution < 1.29 is 5.11 Å². The van der Waals surface area contributed by atoms with E-state index in [2.05, 4.69) is 10.1 Å². The number of nitrogens with zero attached hydrogens (tertiary/aromatic N) is 3. The molecule has 0 aromatic carbocycles. The van der Waals surface area contributed by atoms with Gasteiger partial charge in [-0.15, -0.1) is 0 Å². The molecule has 12 heavy (non-hydrogen) atoms. The number of aliphatic hydroxyl groups excluding tert-OH is 1. The van der Waals surface area contributed by atoms with Gasteiger partial charge in [-0.05, 0) is 6.92 Å². The van der Waals surface area contributed by atoms with Gasteiger partial charge in [-0.2, -0.15) is 5.10 Å². The Hall–Kier alpha value is -0.900. The van der Waals surface area contributed by atoms with Crippen molar-refractivity contribution in [1.82, 2.24) is 14.8 Å². The molecule has 0 aliphatic heterocycles. The summed E-state index contributed by atoms with van der Waals surface area (Å²) in [6.45, 7) is 6.78. The molecule has 0 unspecified atom stereocenters. The monoisotopic (exact) mass is 169 g/mol. The van der Waals surface area contributed by atoms with Crippen molar-refractivity contribution in [2.75, 3.05) is 6.61 Å². The standard InChI is InChI=1S/C8H15N3O/c1-4-11-7(9-6-10-11)8(2,3)5-12/h6,12H,4-5H2,1-3H3. The summed E-state index contributed by atoms with van der Waals surface area (Å²) in [5.41, 5.74) is -0.299. The van der Waals surface area contributed by atoms with Crippen molar-refractivity contribution in [2.24, 2.45) is 0 Å². The van der Waals surface area contributed by atoms with Crippen LogP contribution in [0, 0.1) is 0 Å². The van der Waals surface area contributed by atoms with Crippen LogP contribution in [0.3, 0.4) is 0 Å². The molecule has 0 spiro atoms. The van der Waals surface area contributed by atoms with E-state index < -0.39 is 0 Å². The molecule has 0 atom stereocenters. The van der Waals surface area contributed by atoms with Crippen LogP contribution in [0.4, 0.5) is 0 Å². The molecule has 0 bridgehead atoms. The molecular formula is C8H15N3O. The van der Waals surface area contributed by atoms with E-state index in [1.165, 1.54) is 6.33 Å². The maximum Gasteiger partial charge on any atom is 0.138 e.